The number of carbonyl (C=O) groups is 2. The Morgan fingerprint density at radius 3 is 2.61 bits per heavy atom. The second-order valence-corrected chi connectivity index (χ2v) is 8.64. The average molecular weight is 452 g/mol. The average Bonchev–Trinajstić information content (AvgIpc) is 3.57. The van der Waals surface area contributed by atoms with Crippen molar-refractivity contribution in [2.24, 2.45) is 0 Å². The number of nitrogens with zero attached hydrogens (tertiary/aromatic N) is 3. The van der Waals surface area contributed by atoms with Gasteiger partial charge in [-0.05, 0) is 24.5 Å². The van der Waals surface area contributed by atoms with Crippen LogP contribution in [0.5, 0.6) is 0 Å². The van der Waals surface area contributed by atoms with Crippen LogP contribution in [0.2, 0.25) is 0 Å². The van der Waals surface area contributed by atoms with Gasteiger partial charge in [0.25, 0.3) is 5.91 Å². The summed E-state index contributed by atoms with van der Waals surface area (Å²) in [5, 5.41) is 0. The van der Waals surface area contributed by atoms with E-state index < -0.39 is 0 Å². The number of carbonyl (C=O) groups excluding carboxylic acids is 2. The maximum Gasteiger partial charge on any atom is 0.257 e. The minimum Gasteiger partial charge on any atom is -0.472 e. The van der Waals surface area contributed by atoms with Gasteiger partial charge in [-0.25, -0.2) is 0 Å². The normalized spacial score (nSPS) is 19.3. The van der Waals surface area contributed by atoms with E-state index in [-0.39, 0.29) is 17.9 Å². The highest BCUT2D eigenvalue weighted by Crippen LogP contribution is 2.16. The molecule has 3 heterocycles. The van der Waals surface area contributed by atoms with Gasteiger partial charge in [0.05, 0.1) is 17.9 Å². The Hall–Kier alpha value is -2.90. The van der Waals surface area contributed by atoms with Crippen LogP contribution in [0.3, 0.4) is 0 Å². The van der Waals surface area contributed by atoms with Crippen LogP contribution < -0.4 is 0 Å². The predicted molar refractivity (Wildman–Crippen MR) is 127 cm³/mol. The summed E-state index contributed by atoms with van der Waals surface area (Å²) in [6.07, 6.45) is 9.60. The maximum atomic E-state index is 12.9. The molecule has 1 atom stereocenters. The fourth-order valence-corrected chi connectivity index (χ4v) is 4.35. The molecule has 2 aromatic rings. The Morgan fingerprint density at radius 1 is 1.09 bits per heavy atom. The van der Waals surface area contributed by atoms with Gasteiger partial charge in [-0.1, -0.05) is 42.5 Å². The van der Waals surface area contributed by atoms with Crippen molar-refractivity contribution in [2.45, 2.75) is 25.4 Å². The molecule has 176 valence electrons. The van der Waals surface area contributed by atoms with E-state index in [1.807, 2.05) is 23.1 Å². The number of piperazine rings is 1. The highest BCUT2D eigenvalue weighted by atomic mass is 16.5. The summed E-state index contributed by atoms with van der Waals surface area (Å²) in [6, 6.07) is 11.9. The molecule has 7 heteroatoms. The summed E-state index contributed by atoms with van der Waals surface area (Å²) in [7, 11) is 0. The summed E-state index contributed by atoms with van der Waals surface area (Å²) in [4.78, 5) is 31.8. The van der Waals surface area contributed by atoms with Gasteiger partial charge < -0.3 is 19.0 Å². The Morgan fingerprint density at radius 2 is 1.91 bits per heavy atom. The van der Waals surface area contributed by atoms with Gasteiger partial charge in [-0.2, -0.15) is 0 Å². The van der Waals surface area contributed by atoms with E-state index in [0.717, 1.165) is 52.2 Å². The van der Waals surface area contributed by atoms with E-state index in [1.165, 1.54) is 18.1 Å². The Bertz CT molecular complexity index is 899. The Balaban J connectivity index is 1.23. The number of hydrogen-bond acceptors (Lipinski definition) is 5. The van der Waals surface area contributed by atoms with E-state index >= 15 is 0 Å². The maximum absolute atomic E-state index is 12.9. The minimum absolute atomic E-state index is 0.0449. The van der Waals surface area contributed by atoms with Crippen molar-refractivity contribution < 1.29 is 18.7 Å². The zero-order valence-electron chi connectivity index (χ0n) is 19.1. The third-order valence-corrected chi connectivity index (χ3v) is 6.30. The largest absolute Gasteiger partial charge is 0.472 e. The lowest BCUT2D eigenvalue weighted by Crippen LogP contribution is -2.49. The van der Waals surface area contributed by atoms with Crippen molar-refractivity contribution in [2.75, 3.05) is 52.4 Å². The number of furan rings is 1. The molecule has 2 fully saturated rings. The molecule has 0 saturated carbocycles. The van der Waals surface area contributed by atoms with Gasteiger partial charge >= 0.3 is 0 Å². The zero-order chi connectivity index (χ0) is 22.9. The molecule has 2 saturated heterocycles. The number of rotatable bonds is 9. The van der Waals surface area contributed by atoms with Crippen molar-refractivity contribution in [1.82, 2.24) is 14.7 Å². The molecule has 2 amide bonds. The van der Waals surface area contributed by atoms with E-state index in [0.29, 0.717) is 25.1 Å². The quantitative estimate of drug-likeness (QED) is 0.586. The van der Waals surface area contributed by atoms with Gasteiger partial charge in [0.1, 0.15) is 6.26 Å². The second-order valence-electron chi connectivity index (χ2n) is 8.64. The molecule has 33 heavy (non-hydrogen) atoms. The molecule has 0 bridgehead atoms. The summed E-state index contributed by atoms with van der Waals surface area (Å²) < 4.78 is 10.8. The topological polar surface area (TPSA) is 66.2 Å². The fraction of sp³-hybridized carbons (Fsp3) is 0.462. The highest BCUT2D eigenvalue weighted by Gasteiger charge is 2.26. The first-order chi connectivity index (χ1) is 16.2. The van der Waals surface area contributed by atoms with Crippen molar-refractivity contribution >= 4 is 17.9 Å². The standard InChI is InChI=1S/C26H33N3O4/c30-25(28-16-14-27(15-17-28)12-4-8-22-6-2-1-3-7-22)10-13-29(20-24-9-5-18-33-24)26(31)23-11-19-32-21-23/h1-4,6-8,11,19,21,24H,5,9-10,12-18,20H2. The monoisotopic (exact) mass is 451 g/mol. The first-order valence-electron chi connectivity index (χ1n) is 11.8. The molecule has 2 aliphatic rings. The second kappa shape index (κ2) is 11.8. The van der Waals surface area contributed by atoms with Crippen LogP contribution in [0, 0.1) is 0 Å². The van der Waals surface area contributed by atoms with Gasteiger partial charge in [-0.15, -0.1) is 0 Å². The zero-order valence-corrected chi connectivity index (χ0v) is 19.1. The molecule has 4 rings (SSSR count). The molecule has 1 unspecified atom stereocenters. The summed E-state index contributed by atoms with van der Waals surface area (Å²) >= 11 is 0. The Kier molecular flexibility index (Phi) is 8.33. The first-order valence-corrected chi connectivity index (χ1v) is 11.8. The van der Waals surface area contributed by atoms with Crippen molar-refractivity contribution in [3.05, 3.63) is 66.1 Å². The van der Waals surface area contributed by atoms with Crippen LogP contribution in [0.15, 0.2) is 59.4 Å². The number of benzene rings is 1. The number of amides is 2. The van der Waals surface area contributed by atoms with Gasteiger partial charge in [0, 0.05) is 58.8 Å². The van der Waals surface area contributed by atoms with Crippen LogP contribution in [-0.2, 0) is 9.53 Å². The lowest BCUT2D eigenvalue weighted by atomic mass is 10.2. The van der Waals surface area contributed by atoms with Crippen LogP contribution in [0.25, 0.3) is 6.08 Å². The summed E-state index contributed by atoms with van der Waals surface area (Å²) in [5.41, 5.74) is 1.71. The molecular weight excluding hydrogens is 418 g/mol. The number of hydrogen-bond donors (Lipinski definition) is 0. The molecule has 0 aliphatic carbocycles. The third-order valence-electron chi connectivity index (χ3n) is 6.30. The molecule has 0 radical (unpaired) electrons. The van der Waals surface area contributed by atoms with E-state index in [4.69, 9.17) is 9.15 Å². The molecule has 1 aromatic carbocycles. The van der Waals surface area contributed by atoms with E-state index in [9.17, 15) is 9.59 Å². The predicted octanol–water partition coefficient (Wildman–Crippen LogP) is 3.15. The van der Waals surface area contributed by atoms with Crippen LogP contribution in [0.1, 0.15) is 35.2 Å². The fourth-order valence-electron chi connectivity index (χ4n) is 4.35. The van der Waals surface area contributed by atoms with Gasteiger partial charge in [-0.3, -0.25) is 14.5 Å². The smallest absolute Gasteiger partial charge is 0.257 e. The van der Waals surface area contributed by atoms with Crippen molar-refractivity contribution in [1.29, 1.82) is 0 Å². The van der Waals surface area contributed by atoms with E-state index in [1.54, 1.807) is 11.0 Å². The van der Waals surface area contributed by atoms with Gasteiger partial charge in [0.2, 0.25) is 5.91 Å². The third kappa shape index (κ3) is 6.79. The van der Waals surface area contributed by atoms with E-state index in [2.05, 4.69) is 29.2 Å². The van der Waals surface area contributed by atoms with Crippen LogP contribution in [-0.4, -0.2) is 85.0 Å². The number of ether oxygens (including phenoxy) is 1. The van der Waals surface area contributed by atoms with Gasteiger partial charge in [0.15, 0.2) is 0 Å². The van der Waals surface area contributed by atoms with Crippen LogP contribution >= 0.6 is 0 Å². The molecule has 0 N–H and O–H groups in total. The molecule has 2 aliphatic heterocycles. The van der Waals surface area contributed by atoms with Crippen LogP contribution in [0.4, 0.5) is 0 Å². The summed E-state index contributed by atoms with van der Waals surface area (Å²) in [5.74, 6) is -0.00566. The molecule has 1 aromatic heterocycles. The van der Waals surface area contributed by atoms with Crippen molar-refractivity contribution in [3.63, 3.8) is 0 Å². The molecule has 7 nitrogen and oxygen atoms in total. The van der Waals surface area contributed by atoms with Crippen molar-refractivity contribution in [3.8, 4) is 0 Å². The minimum atomic E-state index is -0.109. The lowest BCUT2D eigenvalue weighted by molar-refractivity contribution is -0.133. The lowest BCUT2D eigenvalue weighted by Gasteiger charge is -2.34. The highest BCUT2D eigenvalue weighted by molar-refractivity contribution is 5.94. The summed E-state index contributed by atoms with van der Waals surface area (Å²) in [6.45, 7) is 5.69. The molecule has 0 spiro atoms. The Labute approximate surface area is 195 Å². The molecular formula is C26H33N3O4. The first kappa shape index (κ1) is 23.3. The SMILES string of the molecule is O=C(CCN(CC1CCCO1)C(=O)c1ccoc1)N1CCN(CC=Cc2ccccc2)CC1.